The van der Waals surface area contributed by atoms with E-state index in [0.29, 0.717) is 6.54 Å². The maximum absolute atomic E-state index is 13.0. The number of likely N-dealkylation sites (tertiary alicyclic amines) is 1. The molecular weight excluding hydrogens is 318 g/mol. The summed E-state index contributed by atoms with van der Waals surface area (Å²) in [5, 5.41) is 2.10. The predicted molar refractivity (Wildman–Crippen MR) is 97.8 cm³/mol. The molecular formula is C19H25N3OS. The van der Waals surface area contributed by atoms with E-state index >= 15 is 0 Å². The Bertz CT molecular complexity index is 670. The number of thiophene rings is 1. The topological polar surface area (TPSA) is 36.4 Å². The van der Waals surface area contributed by atoms with Crippen molar-refractivity contribution in [3.05, 3.63) is 52.0 Å². The number of carbonyl (C=O) groups is 1. The third-order valence-electron chi connectivity index (χ3n) is 4.76. The van der Waals surface area contributed by atoms with Gasteiger partial charge in [0.1, 0.15) is 0 Å². The quantitative estimate of drug-likeness (QED) is 0.834. The molecule has 3 heterocycles. The van der Waals surface area contributed by atoms with Gasteiger partial charge in [0.05, 0.1) is 12.6 Å². The zero-order chi connectivity index (χ0) is 16.9. The lowest BCUT2D eigenvalue weighted by molar-refractivity contribution is -0.137. The van der Waals surface area contributed by atoms with Crippen molar-refractivity contribution in [2.75, 3.05) is 13.6 Å². The minimum Gasteiger partial charge on any atom is -0.339 e. The molecule has 0 spiro atoms. The maximum atomic E-state index is 13.0. The summed E-state index contributed by atoms with van der Waals surface area (Å²) in [7, 11) is 1.93. The van der Waals surface area contributed by atoms with Crippen LogP contribution in [0.15, 0.2) is 36.0 Å². The van der Waals surface area contributed by atoms with Gasteiger partial charge in [-0.1, -0.05) is 6.42 Å². The first kappa shape index (κ1) is 17.1. The summed E-state index contributed by atoms with van der Waals surface area (Å²) >= 11 is 1.73. The lowest BCUT2D eigenvalue weighted by atomic mass is 10.00. The van der Waals surface area contributed by atoms with Gasteiger partial charge >= 0.3 is 0 Å². The number of nitrogens with zero attached hydrogens (tertiary/aromatic N) is 3. The highest BCUT2D eigenvalue weighted by molar-refractivity contribution is 7.10. The lowest BCUT2D eigenvalue weighted by Gasteiger charge is -2.36. The molecule has 2 aromatic rings. The van der Waals surface area contributed by atoms with Crippen molar-refractivity contribution in [2.45, 2.75) is 45.3 Å². The molecule has 0 bridgehead atoms. The molecule has 24 heavy (non-hydrogen) atoms. The van der Waals surface area contributed by atoms with Crippen LogP contribution in [0.4, 0.5) is 0 Å². The zero-order valence-electron chi connectivity index (χ0n) is 14.4. The van der Waals surface area contributed by atoms with E-state index in [0.717, 1.165) is 25.9 Å². The van der Waals surface area contributed by atoms with Crippen LogP contribution < -0.4 is 0 Å². The Morgan fingerprint density at radius 3 is 2.83 bits per heavy atom. The summed E-state index contributed by atoms with van der Waals surface area (Å²) in [6, 6.07) is 6.19. The van der Waals surface area contributed by atoms with Gasteiger partial charge in [0.2, 0.25) is 5.91 Å². The first-order chi connectivity index (χ1) is 11.6. The number of piperidine rings is 1. The summed E-state index contributed by atoms with van der Waals surface area (Å²) in [6.45, 7) is 4.64. The van der Waals surface area contributed by atoms with E-state index in [1.165, 1.54) is 22.4 Å². The van der Waals surface area contributed by atoms with Gasteiger partial charge in [-0.3, -0.25) is 14.7 Å². The van der Waals surface area contributed by atoms with Gasteiger partial charge in [0.25, 0.3) is 0 Å². The number of likely N-dealkylation sites (N-methyl/N-ethyl adjacent to an activating group) is 1. The second kappa shape index (κ2) is 7.90. The van der Waals surface area contributed by atoms with Crippen molar-refractivity contribution in [1.29, 1.82) is 0 Å². The molecule has 0 radical (unpaired) electrons. The third-order valence-corrected chi connectivity index (χ3v) is 5.77. The van der Waals surface area contributed by atoms with E-state index in [9.17, 15) is 4.79 Å². The van der Waals surface area contributed by atoms with Crippen LogP contribution in [0.25, 0.3) is 0 Å². The summed E-state index contributed by atoms with van der Waals surface area (Å²) in [4.78, 5) is 22.6. The van der Waals surface area contributed by atoms with Gasteiger partial charge in [0.15, 0.2) is 0 Å². The summed E-state index contributed by atoms with van der Waals surface area (Å²) < 4.78 is 0. The minimum atomic E-state index is -0.00261. The Morgan fingerprint density at radius 2 is 2.12 bits per heavy atom. The number of carbonyl (C=O) groups excluding carboxylic acids is 1. The molecule has 1 atom stereocenters. The minimum absolute atomic E-state index is 0.00261. The molecule has 4 nitrogen and oxygen atoms in total. The molecule has 128 valence electrons. The molecule has 0 unspecified atom stereocenters. The van der Waals surface area contributed by atoms with Crippen molar-refractivity contribution in [3.63, 3.8) is 0 Å². The fourth-order valence-electron chi connectivity index (χ4n) is 3.30. The second-order valence-corrected chi connectivity index (χ2v) is 7.56. The van der Waals surface area contributed by atoms with E-state index in [1.807, 2.05) is 36.5 Å². The SMILES string of the molecule is Cc1ccsc1CN(C)C(=O)[C@H]1CCCCN1Cc1ccncc1. The number of rotatable bonds is 5. The molecule has 1 fully saturated rings. The first-order valence-corrected chi connectivity index (χ1v) is 9.44. The molecule has 0 aliphatic carbocycles. The van der Waals surface area contributed by atoms with Gasteiger partial charge in [-0.25, -0.2) is 0 Å². The molecule has 1 aliphatic rings. The Kier molecular flexibility index (Phi) is 5.63. The Labute approximate surface area is 148 Å². The number of aryl methyl sites for hydroxylation is 1. The molecule has 2 aromatic heterocycles. The molecule has 1 amide bonds. The van der Waals surface area contributed by atoms with Crippen LogP contribution >= 0.6 is 11.3 Å². The van der Waals surface area contributed by atoms with Crippen molar-refractivity contribution in [3.8, 4) is 0 Å². The van der Waals surface area contributed by atoms with Gasteiger partial charge in [0, 0.05) is 30.9 Å². The third kappa shape index (κ3) is 4.02. The first-order valence-electron chi connectivity index (χ1n) is 8.56. The van der Waals surface area contributed by atoms with Crippen LogP contribution in [-0.2, 0) is 17.9 Å². The zero-order valence-corrected chi connectivity index (χ0v) is 15.3. The number of hydrogen-bond donors (Lipinski definition) is 0. The van der Waals surface area contributed by atoms with Crippen LogP contribution in [0.5, 0.6) is 0 Å². The van der Waals surface area contributed by atoms with Gasteiger partial charge < -0.3 is 4.90 Å². The number of hydrogen-bond acceptors (Lipinski definition) is 4. The molecule has 0 saturated carbocycles. The highest BCUT2D eigenvalue weighted by atomic mass is 32.1. The average molecular weight is 343 g/mol. The Balaban J connectivity index is 1.67. The summed E-state index contributed by atoms with van der Waals surface area (Å²) in [5.74, 6) is 0.247. The fraction of sp³-hybridized carbons (Fsp3) is 0.474. The van der Waals surface area contributed by atoms with Crippen molar-refractivity contribution in [2.24, 2.45) is 0 Å². The second-order valence-electron chi connectivity index (χ2n) is 6.56. The highest BCUT2D eigenvalue weighted by Gasteiger charge is 2.30. The average Bonchev–Trinajstić information content (AvgIpc) is 3.00. The van der Waals surface area contributed by atoms with Crippen LogP contribution in [-0.4, -0.2) is 40.3 Å². The molecule has 5 heteroatoms. The maximum Gasteiger partial charge on any atom is 0.240 e. The monoisotopic (exact) mass is 343 g/mol. The van der Waals surface area contributed by atoms with E-state index in [4.69, 9.17) is 0 Å². The van der Waals surface area contributed by atoms with E-state index < -0.39 is 0 Å². The molecule has 3 rings (SSSR count). The standard InChI is InChI=1S/C19H25N3OS/c1-15-8-12-24-18(15)14-21(2)19(23)17-5-3-4-11-22(17)13-16-6-9-20-10-7-16/h6-10,12,17H,3-5,11,13-14H2,1-2H3/t17-/m1/s1. The predicted octanol–water partition coefficient (Wildman–Crippen LogP) is 3.46. The highest BCUT2D eigenvalue weighted by Crippen LogP contribution is 2.23. The van der Waals surface area contributed by atoms with Crippen LogP contribution in [0.3, 0.4) is 0 Å². The molecule has 0 N–H and O–H groups in total. The van der Waals surface area contributed by atoms with E-state index in [-0.39, 0.29) is 11.9 Å². The van der Waals surface area contributed by atoms with E-state index in [1.54, 1.807) is 11.3 Å². The number of pyridine rings is 1. The van der Waals surface area contributed by atoms with Crippen molar-refractivity contribution in [1.82, 2.24) is 14.8 Å². The van der Waals surface area contributed by atoms with Crippen LogP contribution in [0.1, 0.15) is 35.3 Å². The lowest BCUT2D eigenvalue weighted by Crippen LogP contribution is -2.49. The normalized spacial score (nSPS) is 18.5. The summed E-state index contributed by atoms with van der Waals surface area (Å²) in [6.07, 6.45) is 6.90. The largest absolute Gasteiger partial charge is 0.339 e. The number of aromatic nitrogens is 1. The molecule has 1 aliphatic heterocycles. The van der Waals surface area contributed by atoms with E-state index in [2.05, 4.69) is 28.3 Å². The van der Waals surface area contributed by atoms with Gasteiger partial charge in [-0.2, -0.15) is 0 Å². The molecule has 0 aromatic carbocycles. The van der Waals surface area contributed by atoms with Crippen LogP contribution in [0, 0.1) is 6.92 Å². The fourth-order valence-corrected chi connectivity index (χ4v) is 4.25. The van der Waals surface area contributed by atoms with Gasteiger partial charge in [-0.15, -0.1) is 11.3 Å². The smallest absolute Gasteiger partial charge is 0.240 e. The number of amides is 1. The van der Waals surface area contributed by atoms with Crippen molar-refractivity contribution >= 4 is 17.2 Å². The molecule has 1 saturated heterocycles. The van der Waals surface area contributed by atoms with Crippen LogP contribution in [0.2, 0.25) is 0 Å². The summed E-state index contributed by atoms with van der Waals surface area (Å²) in [5.41, 5.74) is 2.50. The van der Waals surface area contributed by atoms with Crippen molar-refractivity contribution < 1.29 is 4.79 Å². The Hall–Kier alpha value is -1.72. The van der Waals surface area contributed by atoms with Gasteiger partial charge in [-0.05, 0) is 61.0 Å². The Morgan fingerprint density at radius 1 is 1.33 bits per heavy atom.